The summed E-state index contributed by atoms with van der Waals surface area (Å²) >= 11 is 3.51. The van der Waals surface area contributed by atoms with Crippen LogP contribution in [0.3, 0.4) is 0 Å². The van der Waals surface area contributed by atoms with E-state index < -0.39 is 0 Å². The van der Waals surface area contributed by atoms with Crippen molar-refractivity contribution in [2.75, 3.05) is 0 Å². The van der Waals surface area contributed by atoms with E-state index >= 15 is 0 Å². The van der Waals surface area contributed by atoms with Crippen LogP contribution in [0, 0.1) is 5.92 Å². The van der Waals surface area contributed by atoms with Crippen molar-refractivity contribution < 1.29 is 0 Å². The van der Waals surface area contributed by atoms with Crippen molar-refractivity contribution in [1.82, 2.24) is 24.7 Å². The van der Waals surface area contributed by atoms with E-state index in [1.165, 1.54) is 36.1 Å². The molecule has 0 aliphatic heterocycles. The lowest BCUT2D eigenvalue weighted by atomic mass is 9.85. The maximum Gasteiger partial charge on any atom is 0.192 e. The van der Waals surface area contributed by atoms with Crippen LogP contribution in [0.25, 0.3) is 22.0 Å². The van der Waals surface area contributed by atoms with Gasteiger partial charge < -0.3 is 0 Å². The predicted octanol–water partition coefficient (Wildman–Crippen LogP) is 6.51. The van der Waals surface area contributed by atoms with Crippen molar-refractivity contribution in [2.24, 2.45) is 5.92 Å². The Bertz CT molecular complexity index is 1120. The molecule has 3 heterocycles. The highest BCUT2D eigenvalue weighted by Gasteiger charge is 2.28. The zero-order valence-corrected chi connectivity index (χ0v) is 19.1. The first-order valence-corrected chi connectivity index (χ1v) is 12.6. The Morgan fingerprint density at radius 3 is 2.65 bits per heavy atom. The number of rotatable bonds is 6. The van der Waals surface area contributed by atoms with Crippen LogP contribution < -0.4 is 0 Å². The van der Waals surface area contributed by atoms with Gasteiger partial charge in [0, 0.05) is 46.4 Å². The molecule has 0 spiro atoms. The molecule has 4 aromatic rings. The summed E-state index contributed by atoms with van der Waals surface area (Å²) in [5, 5.41) is 11.3. The summed E-state index contributed by atoms with van der Waals surface area (Å²) < 4.78 is 2.38. The van der Waals surface area contributed by atoms with Gasteiger partial charge in [0.15, 0.2) is 11.0 Å². The summed E-state index contributed by atoms with van der Waals surface area (Å²) in [6.07, 6.45) is 10.7. The van der Waals surface area contributed by atoms with Crippen LogP contribution in [0.4, 0.5) is 0 Å². The number of hydrogen-bond donors (Lipinski definition) is 0. The van der Waals surface area contributed by atoms with Gasteiger partial charge in [0.2, 0.25) is 0 Å². The van der Waals surface area contributed by atoms with Crippen molar-refractivity contribution >= 4 is 23.1 Å². The number of benzene rings is 1. The third-order valence-corrected chi connectivity index (χ3v) is 8.12. The number of thiazole rings is 1. The molecule has 1 aromatic carbocycles. The minimum Gasteiger partial charge on any atom is -0.299 e. The molecule has 0 saturated heterocycles. The third-order valence-electron chi connectivity index (χ3n) is 5.90. The quantitative estimate of drug-likeness (QED) is 0.315. The van der Waals surface area contributed by atoms with E-state index in [2.05, 4.69) is 62.0 Å². The fourth-order valence-electron chi connectivity index (χ4n) is 4.27. The fraction of sp³-hybridized carbons (Fsp3) is 0.333. The number of nitrogens with zero attached hydrogens (tertiary/aromatic N) is 5. The molecular formula is C24H25N5S2. The summed E-state index contributed by atoms with van der Waals surface area (Å²) in [7, 11) is 0. The molecule has 0 radical (unpaired) electrons. The van der Waals surface area contributed by atoms with Gasteiger partial charge in [0.05, 0.1) is 0 Å². The molecular weight excluding hydrogens is 422 g/mol. The molecule has 5 nitrogen and oxygen atoms in total. The Kier molecular flexibility index (Phi) is 6.13. The number of thioether (sulfide) groups is 1. The van der Waals surface area contributed by atoms with Crippen LogP contribution in [0.15, 0.2) is 66.2 Å². The molecule has 7 heteroatoms. The average Bonchev–Trinajstić information content (AvgIpc) is 3.46. The minimum atomic E-state index is 0.433. The topological polar surface area (TPSA) is 56.5 Å². The average molecular weight is 448 g/mol. The SMILES string of the molecule is C[C@@H]1CCCC[C@@H]1n1c(SCc2cnc(-c3ccccc3)s2)nnc1-c1cccnc1. The second kappa shape index (κ2) is 9.32. The van der Waals surface area contributed by atoms with Crippen molar-refractivity contribution in [2.45, 2.75) is 49.6 Å². The van der Waals surface area contributed by atoms with Gasteiger partial charge >= 0.3 is 0 Å². The Morgan fingerprint density at radius 2 is 1.84 bits per heavy atom. The van der Waals surface area contributed by atoms with E-state index in [-0.39, 0.29) is 0 Å². The highest BCUT2D eigenvalue weighted by atomic mass is 32.2. The normalized spacial score (nSPS) is 18.9. The van der Waals surface area contributed by atoms with E-state index in [0.29, 0.717) is 12.0 Å². The van der Waals surface area contributed by atoms with E-state index in [9.17, 15) is 0 Å². The van der Waals surface area contributed by atoms with Crippen LogP contribution in [0.1, 0.15) is 43.5 Å². The lowest BCUT2D eigenvalue weighted by Crippen LogP contribution is -2.22. The first-order valence-electron chi connectivity index (χ1n) is 10.8. The van der Waals surface area contributed by atoms with Crippen LogP contribution >= 0.6 is 23.1 Å². The molecule has 5 rings (SSSR count). The van der Waals surface area contributed by atoms with Gasteiger partial charge in [-0.3, -0.25) is 9.55 Å². The van der Waals surface area contributed by atoms with E-state index in [1.54, 1.807) is 29.3 Å². The number of hydrogen-bond acceptors (Lipinski definition) is 6. The summed E-state index contributed by atoms with van der Waals surface area (Å²) in [6.45, 7) is 2.36. The van der Waals surface area contributed by atoms with Crippen LogP contribution in [-0.2, 0) is 5.75 Å². The highest BCUT2D eigenvalue weighted by molar-refractivity contribution is 7.98. The summed E-state index contributed by atoms with van der Waals surface area (Å²) in [5.41, 5.74) is 2.20. The Balaban J connectivity index is 1.41. The van der Waals surface area contributed by atoms with Gasteiger partial charge in [-0.15, -0.1) is 21.5 Å². The maximum absolute atomic E-state index is 4.63. The Morgan fingerprint density at radius 1 is 1.00 bits per heavy atom. The van der Waals surface area contributed by atoms with Gasteiger partial charge in [0.25, 0.3) is 0 Å². The van der Waals surface area contributed by atoms with Crippen LogP contribution in [0.5, 0.6) is 0 Å². The highest BCUT2D eigenvalue weighted by Crippen LogP contribution is 2.39. The summed E-state index contributed by atoms with van der Waals surface area (Å²) in [4.78, 5) is 10.2. The summed E-state index contributed by atoms with van der Waals surface area (Å²) in [6, 6.07) is 14.8. The zero-order valence-electron chi connectivity index (χ0n) is 17.5. The monoisotopic (exact) mass is 447 g/mol. The molecule has 0 unspecified atom stereocenters. The molecule has 1 aliphatic rings. The molecule has 2 atom stereocenters. The first kappa shape index (κ1) is 20.4. The number of pyridine rings is 1. The van der Waals surface area contributed by atoms with Crippen LogP contribution in [-0.4, -0.2) is 24.7 Å². The molecule has 0 bridgehead atoms. The lowest BCUT2D eigenvalue weighted by Gasteiger charge is -2.31. The minimum absolute atomic E-state index is 0.433. The van der Waals surface area contributed by atoms with Crippen molar-refractivity contribution in [3.63, 3.8) is 0 Å². The van der Waals surface area contributed by atoms with Crippen molar-refractivity contribution in [3.8, 4) is 22.0 Å². The van der Waals surface area contributed by atoms with E-state index in [0.717, 1.165) is 27.3 Å². The van der Waals surface area contributed by atoms with Gasteiger partial charge in [-0.1, -0.05) is 61.9 Å². The maximum atomic E-state index is 4.63. The van der Waals surface area contributed by atoms with Gasteiger partial charge in [-0.25, -0.2) is 4.98 Å². The van der Waals surface area contributed by atoms with Gasteiger partial charge in [0.1, 0.15) is 5.01 Å². The first-order chi connectivity index (χ1) is 15.3. The van der Waals surface area contributed by atoms with E-state index in [1.807, 2.05) is 24.5 Å². The Hall–Kier alpha value is -2.51. The number of aromatic nitrogens is 5. The molecule has 31 heavy (non-hydrogen) atoms. The van der Waals surface area contributed by atoms with E-state index in [4.69, 9.17) is 0 Å². The summed E-state index contributed by atoms with van der Waals surface area (Å²) in [5.74, 6) is 2.40. The molecule has 1 saturated carbocycles. The van der Waals surface area contributed by atoms with Crippen LogP contribution in [0.2, 0.25) is 0 Å². The van der Waals surface area contributed by atoms with Crippen molar-refractivity contribution in [1.29, 1.82) is 0 Å². The Labute approximate surface area is 191 Å². The standard InChI is InChI=1S/C24H25N5S2/c1-17-8-5-6-12-21(17)29-22(19-11-7-13-25-14-19)27-28-24(29)30-16-20-15-26-23(31-20)18-9-3-2-4-10-18/h2-4,7,9-11,13-15,17,21H,5-6,8,12,16H2,1H3/t17-,21+/m1/s1. The molecule has 3 aromatic heterocycles. The molecule has 1 fully saturated rings. The lowest BCUT2D eigenvalue weighted by molar-refractivity contribution is 0.247. The third kappa shape index (κ3) is 4.43. The molecule has 0 amide bonds. The molecule has 0 N–H and O–H groups in total. The van der Waals surface area contributed by atoms with Crippen molar-refractivity contribution in [3.05, 3.63) is 65.9 Å². The second-order valence-corrected chi connectivity index (χ2v) is 10.1. The molecule has 158 valence electrons. The second-order valence-electron chi connectivity index (χ2n) is 8.03. The predicted molar refractivity (Wildman–Crippen MR) is 127 cm³/mol. The van der Waals surface area contributed by atoms with Gasteiger partial charge in [-0.05, 0) is 30.9 Å². The van der Waals surface area contributed by atoms with Gasteiger partial charge in [-0.2, -0.15) is 0 Å². The zero-order chi connectivity index (χ0) is 21.0. The fourth-order valence-corrected chi connectivity index (χ4v) is 6.20. The molecule has 1 aliphatic carbocycles. The largest absolute Gasteiger partial charge is 0.299 e. The smallest absolute Gasteiger partial charge is 0.192 e.